The van der Waals surface area contributed by atoms with Gasteiger partial charge in [0.05, 0.1) is 5.54 Å². The molecule has 0 bridgehead atoms. The van der Waals surface area contributed by atoms with E-state index in [2.05, 4.69) is 37.6 Å². The minimum Gasteiger partial charge on any atom is -0.356 e. The molecule has 2 N–H and O–H groups in total. The van der Waals surface area contributed by atoms with Crippen LogP contribution in [-0.4, -0.2) is 41.5 Å². The van der Waals surface area contributed by atoms with Gasteiger partial charge >= 0.3 is 6.03 Å². The van der Waals surface area contributed by atoms with Gasteiger partial charge in [-0.25, -0.2) is 14.8 Å². The van der Waals surface area contributed by atoms with Crippen molar-refractivity contribution in [1.82, 2.24) is 15.3 Å². The second-order valence-electron chi connectivity index (χ2n) is 8.79. The summed E-state index contributed by atoms with van der Waals surface area (Å²) in [6.07, 6.45) is 3.83. The van der Waals surface area contributed by atoms with E-state index < -0.39 is 0 Å². The monoisotopic (exact) mass is 440 g/mol. The van der Waals surface area contributed by atoms with E-state index in [0.29, 0.717) is 25.3 Å². The first-order chi connectivity index (χ1) is 16.1. The molecule has 0 unspecified atom stereocenters. The number of piperidine rings is 1. The lowest BCUT2D eigenvalue weighted by atomic mass is 9.79. The van der Waals surface area contributed by atoms with Gasteiger partial charge in [0.2, 0.25) is 0 Å². The van der Waals surface area contributed by atoms with Gasteiger partial charge in [-0.3, -0.25) is 4.79 Å². The smallest absolute Gasteiger partial charge is 0.319 e. The van der Waals surface area contributed by atoms with Crippen molar-refractivity contribution in [3.05, 3.63) is 77.7 Å². The van der Waals surface area contributed by atoms with Gasteiger partial charge < -0.3 is 20.4 Å². The van der Waals surface area contributed by atoms with Crippen LogP contribution in [0.2, 0.25) is 0 Å². The quantitative estimate of drug-likeness (QED) is 0.638. The van der Waals surface area contributed by atoms with E-state index in [1.165, 1.54) is 11.9 Å². The molecule has 8 heteroatoms. The summed E-state index contributed by atoms with van der Waals surface area (Å²) in [7, 11) is 0. The van der Waals surface area contributed by atoms with Crippen LogP contribution in [0.4, 0.5) is 22.0 Å². The number of aromatic nitrogens is 2. The molecular formula is C25H24N6O2. The van der Waals surface area contributed by atoms with Crippen LogP contribution in [0.15, 0.2) is 60.9 Å². The summed E-state index contributed by atoms with van der Waals surface area (Å²) < 4.78 is 0. The van der Waals surface area contributed by atoms with E-state index >= 15 is 0 Å². The number of carbonyl (C=O) groups excluding carboxylic acids is 2. The standard InChI is InChI=1S/C25H24N6O2/c32-23(31-12-9-17-5-1-4-8-21(17)31)20-15-22(27-16-26-20)30-13-10-25(11-14-30)18-6-2-3-7-19(18)28-24(33)29-25/h1-8,15-16H,9-14H2,(H2,28,29,33). The molecule has 2 aromatic carbocycles. The van der Waals surface area contributed by atoms with Gasteiger partial charge in [-0.1, -0.05) is 36.4 Å². The van der Waals surface area contributed by atoms with Crippen LogP contribution in [0.5, 0.6) is 0 Å². The zero-order valence-corrected chi connectivity index (χ0v) is 18.1. The molecule has 4 heterocycles. The lowest BCUT2D eigenvalue weighted by molar-refractivity contribution is 0.0984. The summed E-state index contributed by atoms with van der Waals surface area (Å²) in [6.45, 7) is 2.09. The van der Waals surface area contributed by atoms with Gasteiger partial charge in [-0.05, 0) is 37.0 Å². The number of benzene rings is 2. The molecule has 1 fully saturated rings. The predicted octanol–water partition coefficient (Wildman–Crippen LogP) is 3.31. The molecule has 166 valence electrons. The van der Waals surface area contributed by atoms with Gasteiger partial charge in [0, 0.05) is 42.6 Å². The molecule has 0 radical (unpaired) electrons. The molecule has 0 atom stereocenters. The molecule has 3 amide bonds. The number of nitrogens with one attached hydrogen (secondary N) is 2. The molecular weight excluding hydrogens is 416 g/mol. The number of para-hydroxylation sites is 2. The van der Waals surface area contributed by atoms with Crippen LogP contribution in [0.1, 0.15) is 34.5 Å². The Bertz CT molecular complexity index is 1250. The number of anilines is 3. The largest absolute Gasteiger partial charge is 0.356 e. The first kappa shape index (κ1) is 19.7. The van der Waals surface area contributed by atoms with Crippen molar-refractivity contribution < 1.29 is 9.59 Å². The maximum absolute atomic E-state index is 13.2. The molecule has 3 aliphatic rings. The number of urea groups is 1. The van der Waals surface area contributed by atoms with Crippen LogP contribution in [0, 0.1) is 0 Å². The van der Waals surface area contributed by atoms with E-state index in [0.717, 1.165) is 42.0 Å². The van der Waals surface area contributed by atoms with Crippen molar-refractivity contribution in [3.8, 4) is 0 Å². The third-order valence-corrected chi connectivity index (χ3v) is 6.99. The van der Waals surface area contributed by atoms with Gasteiger partial charge in [0.1, 0.15) is 17.8 Å². The number of amides is 3. The lowest BCUT2D eigenvalue weighted by Crippen LogP contribution is -2.57. The Hall–Kier alpha value is -3.94. The number of nitrogens with zero attached hydrogens (tertiary/aromatic N) is 4. The highest BCUT2D eigenvalue weighted by atomic mass is 16.2. The normalized spacial score (nSPS) is 18.4. The minimum atomic E-state index is -0.389. The molecule has 3 aromatic rings. The summed E-state index contributed by atoms with van der Waals surface area (Å²) in [5.74, 6) is 0.640. The molecule has 6 rings (SSSR count). The third kappa shape index (κ3) is 3.29. The molecule has 0 saturated carbocycles. The topological polar surface area (TPSA) is 90.5 Å². The number of hydrogen-bond donors (Lipinski definition) is 2. The Morgan fingerprint density at radius 1 is 0.970 bits per heavy atom. The summed E-state index contributed by atoms with van der Waals surface area (Å²) in [6, 6.07) is 17.6. The Kier molecular flexibility index (Phi) is 4.53. The maximum Gasteiger partial charge on any atom is 0.319 e. The fourth-order valence-electron chi connectivity index (χ4n) is 5.28. The highest BCUT2D eigenvalue weighted by molar-refractivity contribution is 6.06. The number of fused-ring (bicyclic) bond motifs is 3. The van der Waals surface area contributed by atoms with E-state index in [1.54, 1.807) is 11.0 Å². The highest BCUT2D eigenvalue weighted by Gasteiger charge is 2.42. The van der Waals surface area contributed by atoms with E-state index in [1.807, 2.05) is 36.4 Å². The van der Waals surface area contributed by atoms with Crippen LogP contribution >= 0.6 is 0 Å². The van der Waals surface area contributed by atoms with Crippen LogP contribution in [-0.2, 0) is 12.0 Å². The van der Waals surface area contributed by atoms with E-state index in [9.17, 15) is 9.59 Å². The molecule has 33 heavy (non-hydrogen) atoms. The Labute approximate surface area is 191 Å². The fourth-order valence-corrected chi connectivity index (χ4v) is 5.28. The predicted molar refractivity (Wildman–Crippen MR) is 126 cm³/mol. The zero-order chi connectivity index (χ0) is 22.4. The Balaban J connectivity index is 1.22. The molecule has 1 aromatic heterocycles. The van der Waals surface area contributed by atoms with E-state index in [-0.39, 0.29) is 17.5 Å². The zero-order valence-electron chi connectivity index (χ0n) is 18.1. The van der Waals surface area contributed by atoms with Gasteiger partial charge in [-0.15, -0.1) is 0 Å². The number of rotatable bonds is 2. The number of carbonyl (C=O) groups is 2. The minimum absolute atomic E-state index is 0.100. The highest BCUT2D eigenvalue weighted by Crippen LogP contribution is 2.40. The third-order valence-electron chi connectivity index (χ3n) is 6.99. The van der Waals surface area contributed by atoms with Crippen LogP contribution in [0.25, 0.3) is 0 Å². The SMILES string of the molecule is O=C1Nc2ccccc2C2(CCN(c3cc(C(=O)N4CCc5ccccc54)ncn3)CC2)N1. The first-order valence-corrected chi connectivity index (χ1v) is 11.3. The van der Waals surface area contributed by atoms with Crippen molar-refractivity contribution in [2.45, 2.75) is 24.8 Å². The molecule has 8 nitrogen and oxygen atoms in total. The second-order valence-corrected chi connectivity index (χ2v) is 8.79. The molecule has 0 aliphatic carbocycles. The average molecular weight is 441 g/mol. The van der Waals surface area contributed by atoms with Crippen LogP contribution < -0.4 is 20.4 Å². The average Bonchev–Trinajstić information content (AvgIpc) is 3.28. The molecule has 3 aliphatic heterocycles. The van der Waals surface area contributed by atoms with Crippen molar-refractivity contribution in [2.75, 3.05) is 34.8 Å². The maximum atomic E-state index is 13.2. The van der Waals surface area contributed by atoms with Crippen molar-refractivity contribution in [1.29, 1.82) is 0 Å². The summed E-state index contributed by atoms with van der Waals surface area (Å²) in [5.41, 5.74) is 4.15. The number of hydrogen-bond acceptors (Lipinski definition) is 5. The van der Waals surface area contributed by atoms with Gasteiger partial charge in [0.25, 0.3) is 5.91 Å². The molecule has 1 saturated heterocycles. The van der Waals surface area contributed by atoms with Crippen molar-refractivity contribution in [2.24, 2.45) is 0 Å². The molecule has 1 spiro atoms. The van der Waals surface area contributed by atoms with Crippen LogP contribution in [0.3, 0.4) is 0 Å². The second kappa shape index (κ2) is 7.58. The van der Waals surface area contributed by atoms with Gasteiger partial charge in [0.15, 0.2) is 0 Å². The Morgan fingerprint density at radius 2 is 1.76 bits per heavy atom. The lowest BCUT2D eigenvalue weighted by Gasteiger charge is -2.45. The van der Waals surface area contributed by atoms with Gasteiger partial charge in [-0.2, -0.15) is 0 Å². The summed E-state index contributed by atoms with van der Waals surface area (Å²) in [4.78, 5) is 38.2. The first-order valence-electron chi connectivity index (χ1n) is 11.3. The van der Waals surface area contributed by atoms with E-state index in [4.69, 9.17) is 0 Å². The fraction of sp³-hybridized carbons (Fsp3) is 0.280. The summed E-state index contributed by atoms with van der Waals surface area (Å²) in [5, 5.41) is 6.07. The Morgan fingerprint density at radius 3 is 2.64 bits per heavy atom. The van der Waals surface area contributed by atoms with Crippen molar-refractivity contribution in [3.63, 3.8) is 0 Å². The van der Waals surface area contributed by atoms with Crippen molar-refractivity contribution >= 4 is 29.1 Å². The summed E-state index contributed by atoms with van der Waals surface area (Å²) >= 11 is 0.